The first kappa shape index (κ1) is 62.4. The van der Waals surface area contributed by atoms with Crippen LogP contribution < -0.4 is 31.9 Å². The van der Waals surface area contributed by atoms with Crippen molar-refractivity contribution in [2.24, 2.45) is 11.8 Å². The van der Waals surface area contributed by atoms with Gasteiger partial charge in [-0.1, -0.05) is 70.7 Å². The fraction of sp³-hybridized carbons (Fsp3) is 0.471. The number of ether oxygens (including phenoxy) is 2. The van der Waals surface area contributed by atoms with Crippen molar-refractivity contribution in [2.75, 3.05) is 24.0 Å². The molecule has 0 unspecified atom stereocenters. The van der Waals surface area contributed by atoms with Gasteiger partial charge in [-0.05, 0) is 93.2 Å². The fourth-order valence-corrected chi connectivity index (χ4v) is 8.66. The number of hydrogen-bond acceptors (Lipinski definition) is 17. The van der Waals surface area contributed by atoms with Crippen LogP contribution in [0.15, 0.2) is 81.9 Å². The van der Waals surface area contributed by atoms with Gasteiger partial charge in [-0.3, -0.25) is 33.6 Å². The van der Waals surface area contributed by atoms with Gasteiger partial charge in [-0.15, -0.1) is 23.5 Å². The van der Waals surface area contributed by atoms with Crippen LogP contribution in [-0.4, -0.2) is 111 Å². The number of cyclic esters (lactones) is 2. The molecule has 402 valence electrons. The number of hydrogen-bond donors (Lipinski definition) is 7. The highest BCUT2D eigenvalue weighted by Crippen LogP contribution is 2.22. The maximum atomic E-state index is 13.1. The second kappa shape index (κ2) is 32.4. The van der Waals surface area contributed by atoms with E-state index in [1.807, 2.05) is 12.5 Å². The summed E-state index contributed by atoms with van der Waals surface area (Å²) in [6.45, 7) is 12.1. The molecular weight excluding hydrogens is 1030 g/mol. The normalized spacial score (nSPS) is 21.0. The van der Waals surface area contributed by atoms with Crippen LogP contribution in [0.3, 0.4) is 0 Å². The third-order valence-electron chi connectivity index (χ3n) is 10.8. The molecule has 6 amide bonds. The van der Waals surface area contributed by atoms with Crippen LogP contribution in [0, 0.1) is 11.8 Å². The third kappa shape index (κ3) is 20.4. The first-order valence-electron chi connectivity index (χ1n) is 24.0. The van der Waals surface area contributed by atoms with E-state index < -0.39 is 59.9 Å². The van der Waals surface area contributed by atoms with E-state index >= 15 is 0 Å². The van der Waals surface area contributed by atoms with Crippen molar-refractivity contribution in [1.29, 1.82) is 0 Å². The zero-order valence-electron chi connectivity index (χ0n) is 43.2. The fourth-order valence-electron chi connectivity index (χ4n) is 6.71. The van der Waals surface area contributed by atoms with Gasteiger partial charge in [0.05, 0.1) is 37.3 Å². The molecule has 0 radical (unpaired) electrons. The minimum absolute atomic E-state index is 0.0173. The number of nitrogens with zero attached hydrogens (tertiary/aromatic N) is 2. The molecule has 0 saturated carbocycles. The van der Waals surface area contributed by atoms with Crippen LogP contribution in [0.25, 0.3) is 0 Å². The summed E-state index contributed by atoms with van der Waals surface area (Å²) >= 11 is 8.24. The minimum Gasteiger partial charge on any atom is -0.456 e. The van der Waals surface area contributed by atoms with E-state index in [4.69, 9.17) is 9.47 Å². The highest BCUT2D eigenvalue weighted by Gasteiger charge is 2.32. The summed E-state index contributed by atoms with van der Waals surface area (Å²) in [5.74, 6) is -4.07. The number of rotatable bonds is 12. The zero-order chi connectivity index (χ0) is 54.9. The Balaban J connectivity index is 0.000000393. The number of amides is 6. The SMILES string of the molecule is C/C=C1\NC(=O)c2ccc(SC)c(n2)CNC(=O)C[C@@H](/C=C/CCS)OC(=O)[C@H](C(C)C)NC1=O.C/C=C1\NC(=O)c2ccc(SC)c(n2)CNC(=O)C[C@@H](/C=C/CCSC(=O)CC)OC(=O)[C@H](C(C)C)NC1=O. The molecule has 0 aliphatic carbocycles. The topological polar surface area (TPSA) is 270 Å². The smallest absolute Gasteiger partial charge is 0.329 e. The number of pyridine rings is 2. The highest BCUT2D eigenvalue weighted by molar-refractivity contribution is 8.13. The number of esters is 2. The summed E-state index contributed by atoms with van der Waals surface area (Å²) in [5.41, 5.74) is 1.12. The lowest BCUT2D eigenvalue weighted by molar-refractivity contribution is -0.153. The van der Waals surface area contributed by atoms with Crippen LogP contribution in [0.1, 0.15) is 113 Å². The molecule has 0 aromatic carbocycles. The van der Waals surface area contributed by atoms with Crippen molar-refractivity contribution in [3.05, 3.63) is 94.9 Å². The monoisotopic (exact) mass is 1100 g/mol. The number of thioether (sulfide) groups is 3. The van der Waals surface area contributed by atoms with E-state index in [1.54, 1.807) is 97.0 Å². The number of allylic oxidation sites excluding steroid dienone is 4. The largest absolute Gasteiger partial charge is 0.456 e. The van der Waals surface area contributed by atoms with Crippen molar-refractivity contribution in [3.63, 3.8) is 0 Å². The summed E-state index contributed by atoms with van der Waals surface area (Å²) in [4.78, 5) is 125. The van der Waals surface area contributed by atoms with E-state index in [0.29, 0.717) is 42.2 Å². The second-order valence-electron chi connectivity index (χ2n) is 17.0. The van der Waals surface area contributed by atoms with E-state index in [2.05, 4.69) is 54.5 Å². The summed E-state index contributed by atoms with van der Waals surface area (Å²) in [7, 11) is 0. The van der Waals surface area contributed by atoms with Gasteiger partial charge >= 0.3 is 11.9 Å². The molecule has 74 heavy (non-hydrogen) atoms. The van der Waals surface area contributed by atoms with Gasteiger partial charge in [0, 0.05) is 22.0 Å². The Morgan fingerprint density at radius 3 is 1.46 bits per heavy atom. The summed E-state index contributed by atoms with van der Waals surface area (Å²) in [5, 5.41) is 16.1. The Morgan fingerprint density at radius 1 is 0.676 bits per heavy atom. The van der Waals surface area contributed by atoms with E-state index in [0.717, 1.165) is 9.79 Å². The Bertz CT molecular complexity index is 2480. The third-order valence-corrected chi connectivity index (χ3v) is 13.7. The van der Waals surface area contributed by atoms with Gasteiger partial charge < -0.3 is 41.4 Å². The molecule has 2 aromatic heterocycles. The summed E-state index contributed by atoms with van der Waals surface area (Å²) in [6.07, 6.45) is 13.1. The van der Waals surface area contributed by atoms with Crippen LogP contribution in [0.5, 0.6) is 0 Å². The quantitative estimate of drug-likeness (QED) is 0.0345. The number of thiol groups is 1. The predicted molar refractivity (Wildman–Crippen MR) is 290 cm³/mol. The first-order valence-corrected chi connectivity index (χ1v) is 28.0. The van der Waals surface area contributed by atoms with Crippen LogP contribution >= 0.6 is 47.9 Å². The van der Waals surface area contributed by atoms with Crippen molar-refractivity contribution in [1.82, 2.24) is 41.9 Å². The molecule has 4 rings (SSSR count). The molecule has 0 spiro atoms. The van der Waals surface area contributed by atoms with Crippen LogP contribution in [-0.2, 0) is 56.1 Å². The Morgan fingerprint density at radius 2 is 1.09 bits per heavy atom. The maximum Gasteiger partial charge on any atom is 0.329 e. The van der Waals surface area contributed by atoms with Crippen LogP contribution in [0.4, 0.5) is 0 Å². The Labute approximate surface area is 451 Å². The standard InChI is InChI=1S/C27H36N4O6S2.C24H32N4O5S2/c1-6-18-25(34)31-24(16(3)4)27(36)37-17(10-8-9-13-39-23(33)7-2)14-22(32)28-15-20-21(38-5)12-11-19(29-20)26(35)30-18;1-5-16-22(30)28-21(14(2)3)24(32)33-15(8-6-7-11-34)12-20(29)25-13-18-19(35-4)10-9-17(26-18)23(31)27-16/h6,8,10-12,16-17,24H,7,9,13-15H2,1-5H3,(H,28,32)(H,30,35)(H,31,34);5-6,8-10,14-15,21,34H,7,11-13H2,1-4H3,(H,25,29)(H,27,31)(H,28,30)/b10-8+,18-6-;8-6+,16-5-/t17-,24+;15-,21+/m11/s1. The van der Waals surface area contributed by atoms with E-state index in [-0.39, 0.29) is 77.5 Å². The number of fused-ring (bicyclic) bond motifs is 4. The van der Waals surface area contributed by atoms with Gasteiger partial charge in [0.15, 0.2) is 5.12 Å². The molecule has 2 aliphatic heterocycles. The molecule has 4 atom stereocenters. The molecule has 2 aromatic rings. The van der Waals surface area contributed by atoms with Gasteiger partial charge in [-0.2, -0.15) is 12.6 Å². The molecule has 4 bridgehead atoms. The van der Waals surface area contributed by atoms with Crippen molar-refractivity contribution in [3.8, 4) is 0 Å². The first-order chi connectivity index (χ1) is 35.3. The molecule has 6 N–H and O–H groups in total. The summed E-state index contributed by atoms with van der Waals surface area (Å²) < 4.78 is 11.3. The molecule has 2 aliphatic rings. The van der Waals surface area contributed by atoms with Gasteiger partial charge in [0.1, 0.15) is 47.1 Å². The lowest BCUT2D eigenvalue weighted by Gasteiger charge is -2.24. The Hall–Kier alpha value is -5.91. The molecule has 0 saturated heterocycles. The average Bonchev–Trinajstić information content (AvgIpc) is 3.37. The van der Waals surface area contributed by atoms with Crippen LogP contribution in [0.2, 0.25) is 0 Å². The van der Waals surface area contributed by atoms with Gasteiger partial charge in [0.25, 0.3) is 23.6 Å². The number of nitrogens with one attached hydrogen (secondary N) is 6. The van der Waals surface area contributed by atoms with Gasteiger partial charge in [0.2, 0.25) is 11.8 Å². The highest BCUT2D eigenvalue weighted by atomic mass is 32.2. The number of aromatic nitrogens is 2. The van der Waals surface area contributed by atoms with Crippen molar-refractivity contribution in [2.45, 2.75) is 128 Å². The molecule has 4 heterocycles. The predicted octanol–water partition coefficient (Wildman–Crippen LogP) is 5.51. The number of carbonyl (C=O) groups is 9. The average molecular weight is 1100 g/mol. The Kier molecular flexibility index (Phi) is 27.3. The van der Waals surface area contributed by atoms with Gasteiger partial charge in [-0.25, -0.2) is 19.6 Å². The lowest BCUT2D eigenvalue weighted by atomic mass is 10.0. The molecular formula is C51H68N8O11S4. The lowest BCUT2D eigenvalue weighted by Crippen LogP contribution is -2.48. The second-order valence-corrected chi connectivity index (χ2v) is 20.3. The van der Waals surface area contributed by atoms with Crippen molar-refractivity contribution < 1.29 is 52.6 Å². The molecule has 19 nitrogen and oxygen atoms in total. The maximum absolute atomic E-state index is 13.1. The molecule has 0 fully saturated rings. The van der Waals surface area contributed by atoms with E-state index in [9.17, 15) is 43.2 Å². The zero-order valence-corrected chi connectivity index (χ0v) is 46.5. The van der Waals surface area contributed by atoms with E-state index in [1.165, 1.54) is 47.4 Å². The summed E-state index contributed by atoms with van der Waals surface area (Å²) in [6, 6.07) is 4.55. The molecule has 23 heteroatoms. The van der Waals surface area contributed by atoms with Crippen molar-refractivity contribution >= 4 is 100 Å². The number of carbonyl (C=O) groups excluding carboxylic acids is 9. The minimum atomic E-state index is -1.03.